The highest BCUT2D eigenvalue weighted by molar-refractivity contribution is 6.10. The van der Waals surface area contributed by atoms with E-state index in [-0.39, 0.29) is 42.1 Å². The van der Waals surface area contributed by atoms with Gasteiger partial charge in [0.25, 0.3) is 11.8 Å². The number of fused-ring (bicyclic) bond motifs is 1. The second-order valence-electron chi connectivity index (χ2n) is 10.5. The van der Waals surface area contributed by atoms with E-state index in [1.807, 2.05) is 6.07 Å². The third kappa shape index (κ3) is 7.82. The summed E-state index contributed by atoms with van der Waals surface area (Å²) in [7, 11) is 0. The molecule has 0 saturated carbocycles. The summed E-state index contributed by atoms with van der Waals surface area (Å²) in [6.45, 7) is 2.15. The molecule has 0 unspecified atom stereocenters. The predicted molar refractivity (Wildman–Crippen MR) is 162 cm³/mol. The first kappa shape index (κ1) is 32.2. The van der Waals surface area contributed by atoms with Crippen LogP contribution in [0.4, 0.5) is 16.2 Å². The maximum Gasteiger partial charge on any atom is 0.414 e. The van der Waals surface area contributed by atoms with E-state index in [9.17, 15) is 33.9 Å². The summed E-state index contributed by atoms with van der Waals surface area (Å²) in [6.07, 6.45) is -1.20. The van der Waals surface area contributed by atoms with Crippen molar-refractivity contribution >= 4 is 47.4 Å². The van der Waals surface area contributed by atoms with Gasteiger partial charge in [0.2, 0.25) is 5.91 Å². The molecular weight excluding hydrogens is 584 g/mol. The number of carbonyl (C=O) groups is 6. The Bertz CT molecular complexity index is 1600. The second-order valence-corrected chi connectivity index (χ2v) is 10.5. The first-order valence-electron chi connectivity index (χ1n) is 13.9. The number of aliphatic carboxylic acids is 1. The van der Waals surface area contributed by atoms with Gasteiger partial charge in [-0.1, -0.05) is 42.5 Å². The molecule has 1 aliphatic rings. The largest absolute Gasteiger partial charge is 0.507 e. The summed E-state index contributed by atoms with van der Waals surface area (Å²) in [5.74, 6) is -3.55. The van der Waals surface area contributed by atoms with Crippen LogP contribution in [0.3, 0.4) is 0 Å². The molecule has 0 saturated heterocycles. The number of amides is 4. The number of aldehydes is 1. The molecule has 0 bridgehead atoms. The highest BCUT2D eigenvalue weighted by Gasteiger charge is 2.38. The minimum Gasteiger partial charge on any atom is -0.507 e. The number of aryl methyl sites for hydroxylation is 2. The number of ether oxygens (including phenoxy) is 1. The fourth-order valence-electron chi connectivity index (χ4n) is 4.87. The number of phenolic OH excluding ortho intramolecular Hbond substituents is 1. The molecule has 0 spiro atoms. The van der Waals surface area contributed by atoms with Crippen LogP contribution in [0.15, 0.2) is 66.7 Å². The molecule has 2 atom stereocenters. The molecule has 0 aliphatic carbocycles. The predicted octanol–water partition coefficient (Wildman–Crippen LogP) is 2.46. The Labute approximate surface area is 258 Å². The van der Waals surface area contributed by atoms with E-state index in [1.54, 1.807) is 56.3 Å². The number of carbonyl (C=O) groups excluding carboxylic acids is 5. The van der Waals surface area contributed by atoms with Crippen LogP contribution in [-0.2, 0) is 30.5 Å². The first-order chi connectivity index (χ1) is 21.5. The Kier molecular flexibility index (Phi) is 10.1. The zero-order chi connectivity index (χ0) is 32.7. The van der Waals surface area contributed by atoms with Crippen molar-refractivity contribution < 1.29 is 43.7 Å². The number of carboxylic acids is 1. The number of rotatable bonds is 10. The number of benzene rings is 3. The molecule has 1 aliphatic heterocycles. The number of phenols is 1. The Hall–Kier alpha value is -5.72. The fourth-order valence-corrected chi connectivity index (χ4v) is 4.87. The first-order valence-corrected chi connectivity index (χ1v) is 13.9. The third-order valence-corrected chi connectivity index (χ3v) is 7.08. The average Bonchev–Trinajstić information content (AvgIpc) is 3.12. The molecule has 234 valence electrons. The van der Waals surface area contributed by atoms with Gasteiger partial charge in [-0.05, 0) is 54.8 Å². The lowest BCUT2D eigenvalue weighted by Crippen LogP contribution is -2.54. The zero-order valence-electron chi connectivity index (χ0n) is 24.6. The number of hydrogen-bond acceptors (Lipinski definition) is 8. The van der Waals surface area contributed by atoms with Crippen molar-refractivity contribution in [1.29, 1.82) is 0 Å². The van der Waals surface area contributed by atoms with Gasteiger partial charge in [-0.2, -0.15) is 0 Å². The molecule has 4 amide bonds. The number of aromatic hydroxyl groups is 1. The number of anilines is 2. The highest BCUT2D eigenvalue weighted by atomic mass is 16.6. The highest BCUT2D eigenvalue weighted by Crippen LogP contribution is 2.33. The van der Waals surface area contributed by atoms with Gasteiger partial charge in [-0.3, -0.25) is 29.0 Å². The maximum absolute atomic E-state index is 14.0. The second kappa shape index (κ2) is 14.2. The number of nitrogens with one attached hydrogen (secondary N) is 2. The number of para-hydroxylation sites is 2. The Morgan fingerprint density at radius 1 is 1.00 bits per heavy atom. The summed E-state index contributed by atoms with van der Waals surface area (Å²) in [5.41, 5.74) is 2.11. The van der Waals surface area contributed by atoms with Gasteiger partial charge in [0.15, 0.2) is 0 Å². The molecule has 4 rings (SSSR count). The van der Waals surface area contributed by atoms with Crippen molar-refractivity contribution in [3.05, 3.63) is 89.0 Å². The van der Waals surface area contributed by atoms with E-state index < -0.39 is 54.8 Å². The van der Waals surface area contributed by atoms with Crippen molar-refractivity contribution in [3.8, 4) is 5.75 Å². The van der Waals surface area contributed by atoms with Gasteiger partial charge < -0.3 is 30.4 Å². The van der Waals surface area contributed by atoms with Gasteiger partial charge in [0.05, 0.1) is 30.4 Å². The molecule has 4 N–H and O–H groups in total. The Morgan fingerprint density at radius 3 is 2.24 bits per heavy atom. The minimum atomic E-state index is -1.38. The van der Waals surface area contributed by atoms with Crippen LogP contribution in [0, 0.1) is 13.8 Å². The molecular formula is C32H32N4O9. The van der Waals surface area contributed by atoms with Crippen LogP contribution in [0.25, 0.3) is 0 Å². The van der Waals surface area contributed by atoms with Crippen molar-refractivity contribution in [3.63, 3.8) is 0 Å². The van der Waals surface area contributed by atoms with Crippen LogP contribution >= 0.6 is 0 Å². The monoisotopic (exact) mass is 616 g/mol. The quantitative estimate of drug-likeness (QED) is 0.249. The van der Waals surface area contributed by atoms with Crippen molar-refractivity contribution in [2.75, 3.05) is 22.9 Å². The lowest BCUT2D eigenvalue weighted by molar-refractivity contribution is -0.138. The van der Waals surface area contributed by atoms with Crippen molar-refractivity contribution in [2.24, 2.45) is 0 Å². The summed E-state index contributed by atoms with van der Waals surface area (Å²) in [4.78, 5) is 78.6. The summed E-state index contributed by atoms with van der Waals surface area (Å²) < 4.78 is 5.56. The van der Waals surface area contributed by atoms with Crippen LogP contribution < -0.4 is 20.4 Å². The molecule has 0 radical (unpaired) electrons. The van der Waals surface area contributed by atoms with Crippen LogP contribution in [0.1, 0.15) is 33.5 Å². The molecule has 13 heteroatoms. The van der Waals surface area contributed by atoms with Crippen LogP contribution in [-0.4, -0.2) is 71.5 Å². The summed E-state index contributed by atoms with van der Waals surface area (Å²) in [6, 6.07) is 15.4. The average molecular weight is 617 g/mol. The lowest BCUT2D eigenvalue weighted by Gasteiger charge is -2.25. The molecule has 1 heterocycles. The maximum atomic E-state index is 14.0. The van der Waals surface area contributed by atoms with Crippen molar-refractivity contribution in [2.45, 2.75) is 39.0 Å². The van der Waals surface area contributed by atoms with Gasteiger partial charge in [0.1, 0.15) is 31.2 Å². The number of carboxylic acid groups (broad SMARTS) is 1. The van der Waals surface area contributed by atoms with Gasteiger partial charge in [0, 0.05) is 5.56 Å². The summed E-state index contributed by atoms with van der Waals surface area (Å²) >= 11 is 0. The SMILES string of the molecule is Cc1cc(C(=O)N[C@H]2CN(C(=O)OCc3ccccc3)c3ccccc3N(CC(=O)N[C@H](C=O)CC(=O)O)C2=O)cc(C)c1O. The molecule has 13 nitrogen and oxygen atoms in total. The smallest absolute Gasteiger partial charge is 0.414 e. The normalized spacial score (nSPS) is 14.9. The molecule has 0 fully saturated rings. The number of hydrogen-bond donors (Lipinski definition) is 4. The summed E-state index contributed by atoms with van der Waals surface area (Å²) in [5, 5.41) is 24.1. The van der Waals surface area contributed by atoms with Crippen LogP contribution in [0.5, 0.6) is 5.75 Å². The zero-order valence-corrected chi connectivity index (χ0v) is 24.6. The Balaban J connectivity index is 1.68. The van der Waals surface area contributed by atoms with E-state index in [1.165, 1.54) is 23.1 Å². The van der Waals surface area contributed by atoms with Gasteiger partial charge in [-0.25, -0.2) is 4.79 Å². The van der Waals surface area contributed by atoms with E-state index in [0.717, 1.165) is 10.5 Å². The minimum absolute atomic E-state index is 0.0218. The van der Waals surface area contributed by atoms with Gasteiger partial charge >= 0.3 is 12.1 Å². The third-order valence-electron chi connectivity index (χ3n) is 7.08. The Morgan fingerprint density at radius 2 is 1.62 bits per heavy atom. The van der Waals surface area contributed by atoms with E-state index in [0.29, 0.717) is 11.1 Å². The van der Waals surface area contributed by atoms with E-state index >= 15 is 0 Å². The van der Waals surface area contributed by atoms with Crippen molar-refractivity contribution in [1.82, 2.24) is 10.6 Å². The fraction of sp³-hybridized carbons (Fsp3) is 0.250. The standard InChI is InChI=1S/C32H32N4O9/c1-19-12-22(13-20(2)29(19)41)30(42)34-24-15-36(32(44)45-18-21-8-4-3-5-9-21)26-11-7-6-10-25(26)35(31(24)43)16-27(38)33-23(17-37)14-28(39)40/h3-13,17,23-24,41H,14-16,18H2,1-2H3,(H,33,38)(H,34,42)(H,39,40)/t23-,24-/m0/s1. The van der Waals surface area contributed by atoms with Gasteiger partial charge in [-0.15, -0.1) is 0 Å². The van der Waals surface area contributed by atoms with E-state index in [4.69, 9.17) is 9.84 Å². The molecule has 3 aromatic rings. The van der Waals surface area contributed by atoms with Crippen LogP contribution in [0.2, 0.25) is 0 Å². The lowest BCUT2D eigenvalue weighted by atomic mass is 10.0. The number of nitrogens with zero attached hydrogens (tertiary/aromatic N) is 2. The molecule has 45 heavy (non-hydrogen) atoms. The van der Waals surface area contributed by atoms with E-state index in [2.05, 4.69) is 10.6 Å². The molecule has 3 aromatic carbocycles. The molecule has 0 aromatic heterocycles. The topological polar surface area (TPSA) is 183 Å².